The number of halogens is 2. The van der Waals surface area contributed by atoms with Crippen molar-refractivity contribution in [3.05, 3.63) is 52.0 Å². The van der Waals surface area contributed by atoms with Gasteiger partial charge in [0.2, 0.25) is 0 Å². The van der Waals surface area contributed by atoms with Crippen LogP contribution in [0.4, 0.5) is 0 Å². The SMILES string of the molecule is COc1ccccc1COc1c(Br)cc(CCl)cc1OC. The van der Waals surface area contributed by atoms with Gasteiger partial charge < -0.3 is 14.2 Å². The van der Waals surface area contributed by atoms with E-state index in [9.17, 15) is 0 Å². The lowest BCUT2D eigenvalue weighted by Gasteiger charge is -2.15. The number of methoxy groups -OCH3 is 2. The third kappa shape index (κ3) is 3.83. The number of hydrogen-bond acceptors (Lipinski definition) is 3. The molecule has 0 aliphatic carbocycles. The molecule has 2 aromatic rings. The predicted octanol–water partition coefficient (Wildman–Crippen LogP) is 4.78. The largest absolute Gasteiger partial charge is 0.496 e. The zero-order valence-corrected chi connectivity index (χ0v) is 14.2. The molecule has 112 valence electrons. The van der Waals surface area contributed by atoms with Gasteiger partial charge in [-0.05, 0) is 39.7 Å². The van der Waals surface area contributed by atoms with Crippen molar-refractivity contribution >= 4 is 27.5 Å². The molecule has 0 heterocycles. The second-order valence-corrected chi connectivity index (χ2v) is 5.46. The van der Waals surface area contributed by atoms with Crippen LogP contribution in [0.3, 0.4) is 0 Å². The molecule has 2 aromatic carbocycles. The molecule has 0 radical (unpaired) electrons. The summed E-state index contributed by atoms with van der Waals surface area (Å²) in [5.74, 6) is 2.51. The molecule has 21 heavy (non-hydrogen) atoms. The molecule has 0 spiro atoms. The fourth-order valence-corrected chi connectivity index (χ4v) is 2.72. The van der Waals surface area contributed by atoms with Crippen molar-refractivity contribution in [1.29, 1.82) is 0 Å². The third-order valence-corrected chi connectivity index (χ3v) is 3.91. The molecule has 0 aliphatic rings. The van der Waals surface area contributed by atoms with E-state index in [4.69, 9.17) is 25.8 Å². The molecule has 0 fully saturated rings. The average Bonchev–Trinajstić information content (AvgIpc) is 2.53. The van der Waals surface area contributed by atoms with Crippen molar-refractivity contribution in [2.75, 3.05) is 14.2 Å². The minimum Gasteiger partial charge on any atom is -0.496 e. The Labute approximate surface area is 137 Å². The van der Waals surface area contributed by atoms with Crippen molar-refractivity contribution in [3.63, 3.8) is 0 Å². The molecule has 0 N–H and O–H groups in total. The second-order valence-electron chi connectivity index (χ2n) is 4.34. The van der Waals surface area contributed by atoms with Gasteiger partial charge in [0.25, 0.3) is 0 Å². The molecule has 2 rings (SSSR count). The van der Waals surface area contributed by atoms with Gasteiger partial charge in [0.15, 0.2) is 11.5 Å². The highest BCUT2D eigenvalue weighted by Crippen LogP contribution is 2.38. The van der Waals surface area contributed by atoms with Crippen molar-refractivity contribution < 1.29 is 14.2 Å². The number of ether oxygens (including phenoxy) is 3. The van der Waals surface area contributed by atoms with E-state index >= 15 is 0 Å². The van der Waals surface area contributed by atoms with Crippen LogP contribution >= 0.6 is 27.5 Å². The van der Waals surface area contributed by atoms with E-state index < -0.39 is 0 Å². The van der Waals surface area contributed by atoms with Crippen LogP contribution in [-0.4, -0.2) is 14.2 Å². The molecule has 3 nitrogen and oxygen atoms in total. The van der Waals surface area contributed by atoms with Crippen molar-refractivity contribution in [3.8, 4) is 17.2 Å². The van der Waals surface area contributed by atoms with Gasteiger partial charge in [-0.3, -0.25) is 0 Å². The first kappa shape index (κ1) is 16.0. The van der Waals surface area contributed by atoms with E-state index in [0.717, 1.165) is 21.3 Å². The van der Waals surface area contributed by atoms with Crippen LogP contribution in [-0.2, 0) is 12.5 Å². The Balaban J connectivity index is 2.23. The zero-order valence-electron chi connectivity index (χ0n) is 11.9. The summed E-state index contributed by atoms with van der Waals surface area (Å²) in [5.41, 5.74) is 1.93. The first-order valence-corrected chi connectivity index (χ1v) is 7.69. The van der Waals surface area contributed by atoms with Gasteiger partial charge in [-0.1, -0.05) is 18.2 Å². The zero-order chi connectivity index (χ0) is 15.2. The van der Waals surface area contributed by atoms with Crippen LogP contribution < -0.4 is 14.2 Å². The van der Waals surface area contributed by atoms with E-state index in [-0.39, 0.29) is 0 Å². The van der Waals surface area contributed by atoms with Crippen LogP contribution in [0.1, 0.15) is 11.1 Å². The summed E-state index contributed by atoms with van der Waals surface area (Å²) < 4.78 is 17.4. The Hall–Kier alpha value is -1.39. The molecule has 0 saturated carbocycles. The van der Waals surface area contributed by atoms with Gasteiger partial charge in [0.05, 0.1) is 18.7 Å². The smallest absolute Gasteiger partial charge is 0.175 e. The Morgan fingerprint density at radius 2 is 1.76 bits per heavy atom. The Morgan fingerprint density at radius 1 is 1.05 bits per heavy atom. The number of benzene rings is 2. The van der Waals surface area contributed by atoms with Crippen LogP contribution in [0.2, 0.25) is 0 Å². The molecule has 0 amide bonds. The van der Waals surface area contributed by atoms with Gasteiger partial charge >= 0.3 is 0 Å². The molecule has 0 unspecified atom stereocenters. The van der Waals surface area contributed by atoms with E-state index in [1.807, 2.05) is 36.4 Å². The van der Waals surface area contributed by atoms with Gasteiger partial charge in [-0.25, -0.2) is 0 Å². The van der Waals surface area contributed by atoms with Crippen LogP contribution in [0.25, 0.3) is 0 Å². The topological polar surface area (TPSA) is 27.7 Å². The van der Waals surface area contributed by atoms with Crippen molar-refractivity contribution in [2.24, 2.45) is 0 Å². The Morgan fingerprint density at radius 3 is 2.43 bits per heavy atom. The third-order valence-electron chi connectivity index (χ3n) is 3.01. The lowest BCUT2D eigenvalue weighted by atomic mass is 10.2. The average molecular weight is 372 g/mol. The summed E-state index contributed by atoms with van der Waals surface area (Å²) in [6.45, 7) is 0.388. The molecule has 5 heteroatoms. The summed E-state index contributed by atoms with van der Waals surface area (Å²) in [6.07, 6.45) is 0. The molecular formula is C16H16BrClO3. The molecule has 0 atom stereocenters. The molecule has 0 aromatic heterocycles. The summed E-state index contributed by atoms with van der Waals surface area (Å²) in [6, 6.07) is 11.5. The molecule has 0 aliphatic heterocycles. The lowest BCUT2D eigenvalue weighted by Crippen LogP contribution is -2.01. The van der Waals surface area contributed by atoms with Gasteiger partial charge in [0.1, 0.15) is 12.4 Å². The Bertz CT molecular complexity index is 616. The standard InChI is InChI=1S/C16H16BrClO3/c1-19-14-6-4-3-5-12(14)10-21-16-13(17)7-11(9-18)8-15(16)20-2/h3-8H,9-10H2,1-2H3. The predicted molar refractivity (Wildman–Crippen MR) is 87.6 cm³/mol. The number of hydrogen-bond donors (Lipinski definition) is 0. The first-order chi connectivity index (χ1) is 10.2. The van der Waals surface area contributed by atoms with E-state index in [2.05, 4.69) is 15.9 Å². The lowest BCUT2D eigenvalue weighted by molar-refractivity contribution is 0.276. The summed E-state index contributed by atoms with van der Waals surface area (Å²) in [7, 11) is 3.25. The molecule has 0 bridgehead atoms. The van der Waals surface area contributed by atoms with Gasteiger partial charge in [-0.15, -0.1) is 11.6 Å². The maximum absolute atomic E-state index is 5.89. The summed E-state index contributed by atoms with van der Waals surface area (Å²) >= 11 is 9.35. The maximum Gasteiger partial charge on any atom is 0.175 e. The fourth-order valence-electron chi connectivity index (χ4n) is 1.96. The minimum atomic E-state index is 0.388. The highest BCUT2D eigenvalue weighted by atomic mass is 79.9. The van der Waals surface area contributed by atoms with E-state index in [0.29, 0.717) is 24.0 Å². The quantitative estimate of drug-likeness (QED) is 0.684. The van der Waals surface area contributed by atoms with Crippen LogP contribution in [0.5, 0.6) is 17.2 Å². The summed E-state index contributed by atoms with van der Waals surface area (Å²) in [4.78, 5) is 0. The molecular weight excluding hydrogens is 356 g/mol. The normalized spacial score (nSPS) is 10.3. The van der Waals surface area contributed by atoms with Gasteiger partial charge in [0, 0.05) is 11.4 Å². The number of para-hydroxylation sites is 1. The second kappa shape index (κ2) is 7.57. The minimum absolute atomic E-state index is 0.388. The number of alkyl halides is 1. The van der Waals surface area contributed by atoms with Crippen LogP contribution in [0.15, 0.2) is 40.9 Å². The number of rotatable bonds is 6. The highest BCUT2D eigenvalue weighted by molar-refractivity contribution is 9.10. The fraction of sp³-hybridized carbons (Fsp3) is 0.250. The summed E-state index contributed by atoms with van der Waals surface area (Å²) in [5, 5.41) is 0. The van der Waals surface area contributed by atoms with Crippen LogP contribution in [0, 0.1) is 0 Å². The van der Waals surface area contributed by atoms with E-state index in [1.54, 1.807) is 14.2 Å². The van der Waals surface area contributed by atoms with Crippen molar-refractivity contribution in [2.45, 2.75) is 12.5 Å². The maximum atomic E-state index is 5.89. The Kier molecular flexibility index (Phi) is 5.76. The van der Waals surface area contributed by atoms with Gasteiger partial charge in [-0.2, -0.15) is 0 Å². The monoisotopic (exact) mass is 370 g/mol. The van der Waals surface area contributed by atoms with E-state index in [1.165, 1.54) is 0 Å². The highest BCUT2D eigenvalue weighted by Gasteiger charge is 2.12. The van der Waals surface area contributed by atoms with Crippen molar-refractivity contribution in [1.82, 2.24) is 0 Å². The first-order valence-electron chi connectivity index (χ1n) is 6.36. The molecule has 0 saturated heterocycles.